The van der Waals surface area contributed by atoms with E-state index in [2.05, 4.69) is 215 Å². The summed E-state index contributed by atoms with van der Waals surface area (Å²) < 4.78 is 11.1. The van der Waals surface area contributed by atoms with Crippen molar-refractivity contribution in [1.29, 1.82) is 0 Å². The van der Waals surface area contributed by atoms with Crippen molar-refractivity contribution >= 4 is 87.2 Å². The highest BCUT2D eigenvalue weighted by molar-refractivity contribution is 6.31. The second-order valence-electron chi connectivity index (χ2n) is 16.9. The molecule has 0 aliphatic carbocycles. The van der Waals surface area contributed by atoms with Gasteiger partial charge in [0.25, 0.3) is 0 Å². The fourth-order valence-corrected chi connectivity index (χ4v) is 10.4. The summed E-state index contributed by atoms with van der Waals surface area (Å²) >= 11 is 0. The van der Waals surface area contributed by atoms with Crippen LogP contribution >= 0.6 is 0 Å². The lowest BCUT2D eigenvalue weighted by molar-refractivity contribution is 0.669. The van der Waals surface area contributed by atoms with Crippen LogP contribution in [0, 0.1) is 0 Å². The summed E-state index contributed by atoms with van der Waals surface area (Å²) in [4.78, 5) is 10.8. The highest BCUT2D eigenvalue weighted by Crippen LogP contribution is 2.45. The van der Waals surface area contributed by atoms with E-state index in [0.29, 0.717) is 5.95 Å². The van der Waals surface area contributed by atoms with Gasteiger partial charge in [-0.1, -0.05) is 158 Å². The first-order valence-corrected chi connectivity index (χ1v) is 22.1. The molecule has 0 saturated heterocycles. The van der Waals surface area contributed by atoms with Crippen LogP contribution in [-0.2, 0) is 0 Å². The summed E-state index contributed by atoms with van der Waals surface area (Å²) in [6, 6.07) is 78.0. The van der Waals surface area contributed by atoms with Crippen molar-refractivity contribution in [2.75, 3.05) is 0 Å². The Morgan fingerprint density at radius 3 is 1.72 bits per heavy atom. The van der Waals surface area contributed by atoms with Gasteiger partial charge in [-0.15, -0.1) is 0 Å². The number of fused-ring (bicyclic) bond motifs is 13. The molecule has 0 aliphatic rings. The van der Waals surface area contributed by atoms with Crippen molar-refractivity contribution < 1.29 is 4.42 Å². The predicted molar refractivity (Wildman–Crippen MR) is 269 cm³/mol. The molecule has 0 radical (unpaired) electrons. The molecule has 14 aromatic rings. The summed E-state index contributed by atoms with van der Waals surface area (Å²) in [5, 5.41) is 10.3. The van der Waals surface area contributed by atoms with Gasteiger partial charge in [0.1, 0.15) is 11.2 Å². The number of hydrogen-bond donors (Lipinski definition) is 0. The van der Waals surface area contributed by atoms with E-state index in [4.69, 9.17) is 14.4 Å². The molecule has 0 spiro atoms. The third-order valence-corrected chi connectivity index (χ3v) is 13.3. The normalized spacial score (nSPS) is 12.0. The number of hydrogen-bond acceptors (Lipinski definition) is 3. The fourth-order valence-electron chi connectivity index (χ4n) is 10.4. The first-order valence-electron chi connectivity index (χ1n) is 22.1. The van der Waals surface area contributed by atoms with Crippen molar-refractivity contribution in [2.45, 2.75) is 0 Å². The van der Waals surface area contributed by atoms with Crippen LogP contribution in [-0.4, -0.2) is 19.1 Å². The molecule has 302 valence electrons. The number of aromatic nitrogens is 4. The number of rotatable bonds is 5. The maximum atomic E-state index is 6.39. The number of furan rings is 1. The van der Waals surface area contributed by atoms with Gasteiger partial charge in [-0.05, 0) is 88.3 Å². The molecule has 65 heavy (non-hydrogen) atoms. The highest BCUT2D eigenvalue weighted by atomic mass is 16.3. The van der Waals surface area contributed by atoms with Gasteiger partial charge >= 0.3 is 0 Å². The van der Waals surface area contributed by atoms with Gasteiger partial charge in [-0.25, -0.2) is 9.97 Å². The van der Waals surface area contributed by atoms with E-state index < -0.39 is 0 Å². The molecule has 0 fully saturated rings. The third-order valence-electron chi connectivity index (χ3n) is 13.3. The number of benzene rings is 10. The quantitative estimate of drug-likeness (QED) is 0.174. The second kappa shape index (κ2) is 13.9. The minimum atomic E-state index is 0.617. The second-order valence-corrected chi connectivity index (χ2v) is 16.9. The Labute approximate surface area is 372 Å². The lowest BCUT2D eigenvalue weighted by Crippen LogP contribution is -2.03. The zero-order chi connectivity index (χ0) is 42.6. The molecular formula is C60H36N4O. The number of nitrogens with zero attached hydrogens (tertiary/aromatic N) is 4. The summed E-state index contributed by atoms with van der Waals surface area (Å²) in [5.41, 5.74) is 14.6. The molecular weight excluding hydrogens is 793 g/mol. The van der Waals surface area contributed by atoms with Crippen molar-refractivity contribution in [1.82, 2.24) is 19.1 Å². The summed E-state index contributed by atoms with van der Waals surface area (Å²) in [5.74, 6) is 0.617. The maximum Gasteiger partial charge on any atom is 0.235 e. The first-order chi connectivity index (χ1) is 32.2. The van der Waals surface area contributed by atoms with Gasteiger partial charge in [-0.2, -0.15) is 0 Å². The maximum absolute atomic E-state index is 6.39. The van der Waals surface area contributed by atoms with E-state index in [1.165, 1.54) is 54.7 Å². The monoisotopic (exact) mass is 828 g/mol. The molecule has 4 heterocycles. The van der Waals surface area contributed by atoms with Crippen LogP contribution in [0.1, 0.15) is 0 Å². The smallest absolute Gasteiger partial charge is 0.235 e. The van der Waals surface area contributed by atoms with E-state index in [-0.39, 0.29) is 0 Å². The molecule has 10 aromatic carbocycles. The molecule has 0 N–H and O–H groups in total. The van der Waals surface area contributed by atoms with Gasteiger partial charge in [0.2, 0.25) is 5.95 Å². The Balaban J connectivity index is 1.07. The Morgan fingerprint density at radius 1 is 0.338 bits per heavy atom. The topological polar surface area (TPSA) is 48.8 Å². The molecule has 5 nitrogen and oxygen atoms in total. The lowest BCUT2D eigenvalue weighted by atomic mass is 9.98. The van der Waals surface area contributed by atoms with Crippen molar-refractivity contribution in [3.63, 3.8) is 0 Å². The average molecular weight is 829 g/mol. The minimum Gasteiger partial charge on any atom is -0.456 e. The average Bonchev–Trinajstić information content (AvgIpc) is 4.04. The molecule has 0 atom stereocenters. The summed E-state index contributed by atoms with van der Waals surface area (Å²) in [7, 11) is 0. The molecule has 4 aromatic heterocycles. The zero-order valence-electron chi connectivity index (χ0n) is 35.0. The lowest BCUT2D eigenvalue weighted by Gasteiger charge is -2.15. The van der Waals surface area contributed by atoms with E-state index in [1.54, 1.807) is 0 Å². The molecule has 5 heteroatoms. The molecule has 0 aliphatic heterocycles. The van der Waals surface area contributed by atoms with E-state index in [9.17, 15) is 0 Å². The molecule has 0 saturated carbocycles. The fraction of sp³-hybridized carbons (Fsp3) is 0. The van der Waals surface area contributed by atoms with Crippen LogP contribution in [0.3, 0.4) is 0 Å². The highest BCUT2D eigenvalue weighted by Gasteiger charge is 2.24. The number of para-hydroxylation sites is 3. The van der Waals surface area contributed by atoms with Crippen molar-refractivity contribution in [3.8, 4) is 45.1 Å². The van der Waals surface area contributed by atoms with Crippen LogP contribution in [0.2, 0.25) is 0 Å². The van der Waals surface area contributed by atoms with E-state index in [1.807, 2.05) is 12.1 Å². The Bertz CT molecular complexity index is 4180. The summed E-state index contributed by atoms with van der Waals surface area (Å²) in [6.45, 7) is 0. The molecule has 0 unspecified atom stereocenters. The van der Waals surface area contributed by atoms with Crippen LogP contribution in [0.15, 0.2) is 223 Å². The first kappa shape index (κ1) is 35.8. The molecule has 14 rings (SSSR count). The van der Waals surface area contributed by atoms with Crippen LogP contribution in [0.25, 0.3) is 132 Å². The van der Waals surface area contributed by atoms with Crippen LogP contribution in [0.5, 0.6) is 0 Å². The third kappa shape index (κ3) is 5.39. The predicted octanol–water partition coefficient (Wildman–Crippen LogP) is 15.9. The standard InChI is InChI=1S/C60H36N4O/c1-3-15-37(16-4-1)41-33-42(38-17-5-2-6-18-38)35-43(34-41)63-52-31-32-53-56(57(52)49-30-27-39-19-7-8-20-44(39)59(49)63)48-23-10-13-25-51(48)64(53)60-61-50-24-12-9-22-47(50)58(62-60)40-28-29-46-45-21-11-14-26-54(45)65-55(46)36-40/h1-36H. The van der Waals surface area contributed by atoms with Gasteiger partial charge in [0, 0.05) is 54.3 Å². The van der Waals surface area contributed by atoms with Gasteiger partial charge in [-0.3, -0.25) is 4.57 Å². The Kier molecular flexibility index (Phi) is 7.62. The van der Waals surface area contributed by atoms with Gasteiger partial charge in [0.05, 0.1) is 33.3 Å². The Morgan fingerprint density at radius 2 is 0.938 bits per heavy atom. The van der Waals surface area contributed by atoms with E-state index in [0.717, 1.165) is 71.7 Å². The van der Waals surface area contributed by atoms with Crippen molar-refractivity contribution in [2.24, 2.45) is 0 Å². The minimum absolute atomic E-state index is 0.617. The zero-order valence-corrected chi connectivity index (χ0v) is 35.0. The SMILES string of the molecule is c1ccc(-c2cc(-c3ccccc3)cc(-n3c4ccc5c(c6ccccc6n5-c5nc(-c6ccc7c(c6)oc6ccccc67)c6ccccc6n5)c4c4ccc5ccccc5c43)c2)cc1. The van der Waals surface area contributed by atoms with Crippen molar-refractivity contribution in [3.05, 3.63) is 218 Å². The Hall–Kier alpha value is -8.80. The summed E-state index contributed by atoms with van der Waals surface area (Å²) in [6.07, 6.45) is 0. The van der Waals surface area contributed by atoms with Crippen LogP contribution < -0.4 is 0 Å². The largest absolute Gasteiger partial charge is 0.456 e. The van der Waals surface area contributed by atoms with Gasteiger partial charge < -0.3 is 8.98 Å². The van der Waals surface area contributed by atoms with Crippen LogP contribution in [0.4, 0.5) is 0 Å². The van der Waals surface area contributed by atoms with Gasteiger partial charge in [0.15, 0.2) is 0 Å². The van der Waals surface area contributed by atoms with E-state index >= 15 is 0 Å². The molecule has 0 amide bonds. The molecule has 0 bridgehead atoms.